The zero-order valence-corrected chi connectivity index (χ0v) is 8.24. The molecule has 0 aliphatic rings. The lowest BCUT2D eigenvalue weighted by Crippen LogP contribution is -2.20. The Bertz CT molecular complexity index is 58.4. The van der Waals surface area contributed by atoms with Crippen molar-refractivity contribution < 1.29 is 0 Å². The van der Waals surface area contributed by atoms with Crippen molar-refractivity contribution in [3.63, 3.8) is 0 Å². The van der Waals surface area contributed by atoms with Crippen LogP contribution in [-0.2, 0) is 0 Å². The predicted molar refractivity (Wildman–Crippen MR) is 49.9 cm³/mol. The second-order valence-corrected chi connectivity index (χ2v) is 4.23. The number of rotatable bonds is 3. The molecule has 8 heavy (non-hydrogen) atoms. The predicted octanol–water partition coefficient (Wildman–Crippen LogP) is 1.68. The number of thiol groups is 1. The summed E-state index contributed by atoms with van der Waals surface area (Å²) in [7, 11) is 1.97. The number of nitrogens with one attached hydrogen (secondary N) is 1. The van der Waals surface area contributed by atoms with Gasteiger partial charge in [0.15, 0.2) is 0 Å². The highest BCUT2D eigenvalue weighted by atomic mass is 127. The maximum Gasteiger partial charge on any atom is 0.0601 e. The monoisotopic (exact) mass is 245 g/mol. The Hall–Kier alpha value is 1.04. The van der Waals surface area contributed by atoms with E-state index >= 15 is 0 Å². The van der Waals surface area contributed by atoms with Gasteiger partial charge in [0.2, 0.25) is 0 Å². The molecule has 0 aliphatic heterocycles. The van der Waals surface area contributed by atoms with Crippen LogP contribution in [0.5, 0.6) is 0 Å². The number of alkyl halides is 1. The molecule has 2 unspecified atom stereocenters. The highest BCUT2D eigenvalue weighted by molar-refractivity contribution is 14.1. The second-order valence-electron chi connectivity index (χ2n) is 1.84. The van der Waals surface area contributed by atoms with Crippen molar-refractivity contribution in [2.75, 3.05) is 7.05 Å². The van der Waals surface area contributed by atoms with E-state index in [1.807, 2.05) is 7.05 Å². The lowest BCUT2D eigenvalue weighted by molar-refractivity contribution is 0.699. The highest BCUT2D eigenvalue weighted by Gasteiger charge is 2.01. The lowest BCUT2D eigenvalue weighted by Gasteiger charge is -2.09. The van der Waals surface area contributed by atoms with Crippen LogP contribution in [0.2, 0.25) is 0 Å². The first-order valence-electron chi connectivity index (χ1n) is 2.66. The molecule has 0 amide bonds. The smallest absolute Gasteiger partial charge is 0.0601 e. The molecule has 0 rings (SSSR count). The summed E-state index contributed by atoms with van der Waals surface area (Å²) in [5, 5.41) is 3.64. The minimum atomic E-state index is 0.504. The Morgan fingerprint density at radius 2 is 2.25 bits per heavy atom. The average Bonchev–Trinajstić information content (AvgIpc) is 1.65. The van der Waals surface area contributed by atoms with Crippen LogP contribution in [0.4, 0.5) is 0 Å². The molecule has 3 heteroatoms. The van der Waals surface area contributed by atoms with Crippen molar-refractivity contribution in [3.8, 4) is 0 Å². The quantitative estimate of drug-likeness (QED) is 0.333. The molecule has 2 atom stereocenters. The van der Waals surface area contributed by atoms with Crippen LogP contribution in [0.25, 0.3) is 0 Å². The van der Waals surface area contributed by atoms with Crippen LogP contribution in [-0.4, -0.2) is 16.3 Å². The molecule has 0 bridgehead atoms. The standard InChI is InChI=1S/C5H12INS/c1-4(8)3-5(6)7-2/h4-5,7-8H,3H2,1-2H3. The van der Waals surface area contributed by atoms with E-state index < -0.39 is 0 Å². The van der Waals surface area contributed by atoms with Gasteiger partial charge in [-0.1, -0.05) is 29.5 Å². The van der Waals surface area contributed by atoms with Gasteiger partial charge < -0.3 is 5.32 Å². The summed E-state index contributed by atoms with van der Waals surface area (Å²) in [6, 6.07) is 0. The van der Waals surface area contributed by atoms with Crippen molar-refractivity contribution >= 4 is 35.2 Å². The van der Waals surface area contributed by atoms with Crippen LogP contribution in [0.15, 0.2) is 0 Å². The van der Waals surface area contributed by atoms with Gasteiger partial charge >= 0.3 is 0 Å². The fourth-order valence-corrected chi connectivity index (χ4v) is 1.79. The molecule has 0 heterocycles. The molecule has 0 saturated carbocycles. The topological polar surface area (TPSA) is 12.0 Å². The Labute approximate surface area is 70.2 Å². The summed E-state index contributed by atoms with van der Waals surface area (Å²) < 4.78 is 0.570. The molecule has 0 spiro atoms. The van der Waals surface area contributed by atoms with Crippen molar-refractivity contribution in [1.29, 1.82) is 0 Å². The molecule has 0 saturated heterocycles. The van der Waals surface area contributed by atoms with E-state index in [1.165, 1.54) is 0 Å². The molecule has 0 aromatic rings. The highest BCUT2D eigenvalue weighted by Crippen LogP contribution is 2.08. The first-order valence-corrected chi connectivity index (χ1v) is 4.42. The van der Waals surface area contributed by atoms with Crippen LogP contribution in [0.3, 0.4) is 0 Å². The van der Waals surface area contributed by atoms with E-state index in [4.69, 9.17) is 0 Å². The van der Waals surface area contributed by atoms with Crippen molar-refractivity contribution in [1.82, 2.24) is 5.32 Å². The van der Waals surface area contributed by atoms with Crippen molar-refractivity contribution in [2.45, 2.75) is 22.6 Å². The minimum absolute atomic E-state index is 0.504. The van der Waals surface area contributed by atoms with Gasteiger partial charge in [0.05, 0.1) is 4.05 Å². The summed E-state index contributed by atoms with van der Waals surface area (Å²) in [5.41, 5.74) is 0. The molecule has 0 fully saturated rings. The maximum absolute atomic E-state index is 4.25. The molecular weight excluding hydrogens is 233 g/mol. The summed E-state index contributed by atoms with van der Waals surface area (Å²) in [5.74, 6) is 0. The number of halogens is 1. The third kappa shape index (κ3) is 5.18. The molecule has 50 valence electrons. The van der Waals surface area contributed by atoms with Gasteiger partial charge in [-0.2, -0.15) is 12.6 Å². The van der Waals surface area contributed by atoms with E-state index in [-0.39, 0.29) is 0 Å². The van der Waals surface area contributed by atoms with Gasteiger partial charge in [0.25, 0.3) is 0 Å². The normalized spacial score (nSPS) is 18.0. The first kappa shape index (κ1) is 9.04. The summed E-state index contributed by atoms with van der Waals surface area (Å²) in [6.45, 7) is 2.10. The molecule has 1 nitrogen and oxygen atoms in total. The largest absolute Gasteiger partial charge is 0.309 e. The Morgan fingerprint density at radius 3 is 2.38 bits per heavy atom. The maximum atomic E-state index is 4.25. The van der Waals surface area contributed by atoms with E-state index in [0.717, 1.165) is 6.42 Å². The Balaban J connectivity index is 3.10. The van der Waals surface area contributed by atoms with Gasteiger partial charge in [-0.05, 0) is 13.5 Å². The third-order valence-electron chi connectivity index (χ3n) is 0.861. The van der Waals surface area contributed by atoms with E-state index in [2.05, 4.69) is 47.5 Å². The SMILES string of the molecule is CNC(I)CC(C)S. The molecule has 1 N–H and O–H groups in total. The molecule has 0 aromatic heterocycles. The van der Waals surface area contributed by atoms with Gasteiger partial charge in [-0.25, -0.2) is 0 Å². The van der Waals surface area contributed by atoms with Crippen LogP contribution >= 0.6 is 35.2 Å². The van der Waals surface area contributed by atoms with Crippen molar-refractivity contribution in [3.05, 3.63) is 0 Å². The summed E-state index contributed by atoms with van der Waals surface area (Å²) in [6.07, 6.45) is 1.13. The molecule has 0 aliphatic carbocycles. The molecule has 0 radical (unpaired) electrons. The first-order chi connectivity index (χ1) is 3.66. The van der Waals surface area contributed by atoms with Crippen molar-refractivity contribution in [2.24, 2.45) is 0 Å². The van der Waals surface area contributed by atoms with Crippen LogP contribution < -0.4 is 5.32 Å². The zero-order valence-electron chi connectivity index (χ0n) is 5.19. The Morgan fingerprint density at radius 1 is 1.75 bits per heavy atom. The average molecular weight is 245 g/mol. The number of hydrogen-bond donors (Lipinski definition) is 2. The van der Waals surface area contributed by atoms with E-state index in [0.29, 0.717) is 9.30 Å². The molecular formula is C5H12INS. The Kier molecular flexibility index (Phi) is 5.51. The van der Waals surface area contributed by atoms with Gasteiger partial charge in [0, 0.05) is 5.25 Å². The second kappa shape index (κ2) is 4.88. The van der Waals surface area contributed by atoms with Gasteiger partial charge in [0.1, 0.15) is 0 Å². The molecule has 0 aromatic carbocycles. The summed E-state index contributed by atoms with van der Waals surface area (Å²) in [4.78, 5) is 0. The lowest BCUT2D eigenvalue weighted by atomic mass is 10.3. The minimum Gasteiger partial charge on any atom is -0.309 e. The van der Waals surface area contributed by atoms with Crippen LogP contribution in [0.1, 0.15) is 13.3 Å². The van der Waals surface area contributed by atoms with Gasteiger partial charge in [-0.3, -0.25) is 0 Å². The third-order valence-corrected chi connectivity index (χ3v) is 2.20. The van der Waals surface area contributed by atoms with E-state index in [9.17, 15) is 0 Å². The number of hydrogen-bond acceptors (Lipinski definition) is 2. The van der Waals surface area contributed by atoms with Gasteiger partial charge in [-0.15, -0.1) is 0 Å². The van der Waals surface area contributed by atoms with E-state index in [1.54, 1.807) is 0 Å². The summed E-state index contributed by atoms with van der Waals surface area (Å²) >= 11 is 6.61. The fraction of sp³-hybridized carbons (Fsp3) is 1.00. The van der Waals surface area contributed by atoms with Crippen LogP contribution in [0, 0.1) is 0 Å². The fourth-order valence-electron chi connectivity index (χ4n) is 0.417. The zero-order chi connectivity index (χ0) is 6.57.